The van der Waals surface area contributed by atoms with Gasteiger partial charge in [-0.25, -0.2) is 0 Å². The molecule has 0 spiro atoms. The van der Waals surface area contributed by atoms with Gasteiger partial charge in [0, 0.05) is 25.7 Å². The Morgan fingerprint density at radius 2 is 2.00 bits per heavy atom. The quantitative estimate of drug-likeness (QED) is 0.823. The second kappa shape index (κ2) is 7.63. The Morgan fingerprint density at radius 1 is 1.32 bits per heavy atom. The van der Waals surface area contributed by atoms with Crippen molar-refractivity contribution >= 4 is 0 Å². The number of nitrogens with two attached hydrogens (primary N) is 1. The van der Waals surface area contributed by atoms with E-state index in [1.165, 1.54) is 16.7 Å². The van der Waals surface area contributed by atoms with Crippen molar-refractivity contribution in [1.82, 2.24) is 4.90 Å². The minimum absolute atomic E-state index is 0.0554. The molecular weight excluding hydrogens is 236 g/mol. The topological polar surface area (TPSA) is 38.5 Å². The first-order chi connectivity index (χ1) is 8.99. The molecule has 0 amide bonds. The highest BCUT2D eigenvalue weighted by Gasteiger charge is 2.17. The summed E-state index contributed by atoms with van der Waals surface area (Å²) in [5.74, 6) is 0. The van der Waals surface area contributed by atoms with Gasteiger partial charge < -0.3 is 10.5 Å². The Bertz CT molecular complexity index is 392. The number of rotatable bonds is 7. The Morgan fingerprint density at radius 3 is 2.53 bits per heavy atom. The number of hydrogen-bond donors (Lipinski definition) is 1. The van der Waals surface area contributed by atoms with Gasteiger partial charge in [-0.2, -0.15) is 0 Å². The monoisotopic (exact) mass is 264 g/mol. The average Bonchev–Trinajstić information content (AvgIpc) is 2.35. The second-order valence-electron chi connectivity index (χ2n) is 5.36. The van der Waals surface area contributed by atoms with Gasteiger partial charge in [0.15, 0.2) is 0 Å². The van der Waals surface area contributed by atoms with Crippen molar-refractivity contribution in [3.05, 3.63) is 34.9 Å². The minimum atomic E-state index is 0.0554. The molecule has 0 aliphatic heterocycles. The fourth-order valence-electron chi connectivity index (χ4n) is 2.56. The van der Waals surface area contributed by atoms with Gasteiger partial charge in [0.25, 0.3) is 0 Å². The van der Waals surface area contributed by atoms with E-state index in [2.05, 4.69) is 50.8 Å². The van der Waals surface area contributed by atoms with Crippen LogP contribution in [-0.2, 0) is 4.74 Å². The molecule has 1 rings (SSSR count). The summed E-state index contributed by atoms with van der Waals surface area (Å²) >= 11 is 0. The molecule has 1 aromatic carbocycles. The van der Waals surface area contributed by atoms with Crippen LogP contribution in [0.5, 0.6) is 0 Å². The molecule has 2 unspecified atom stereocenters. The smallest absolute Gasteiger partial charge is 0.0615 e. The molecule has 2 atom stereocenters. The fourth-order valence-corrected chi connectivity index (χ4v) is 2.56. The van der Waals surface area contributed by atoms with Gasteiger partial charge in [0.1, 0.15) is 0 Å². The number of benzene rings is 1. The maximum atomic E-state index is 6.37. The van der Waals surface area contributed by atoms with Crippen LogP contribution in [0.25, 0.3) is 0 Å². The van der Waals surface area contributed by atoms with E-state index < -0.39 is 0 Å². The van der Waals surface area contributed by atoms with Crippen LogP contribution in [0.3, 0.4) is 0 Å². The van der Waals surface area contributed by atoms with Gasteiger partial charge in [0.2, 0.25) is 0 Å². The number of nitrogens with zero attached hydrogens (tertiary/aromatic N) is 1. The summed E-state index contributed by atoms with van der Waals surface area (Å²) in [6.07, 6.45) is 0. The molecule has 19 heavy (non-hydrogen) atoms. The van der Waals surface area contributed by atoms with Crippen LogP contribution >= 0.6 is 0 Å². The molecule has 0 aliphatic carbocycles. The van der Waals surface area contributed by atoms with Gasteiger partial charge in [-0.3, -0.25) is 4.90 Å². The molecular formula is C16H28N2O. The number of aryl methyl sites for hydroxylation is 2. The normalized spacial score (nSPS) is 14.7. The van der Waals surface area contributed by atoms with Crippen LogP contribution < -0.4 is 5.73 Å². The Kier molecular flexibility index (Phi) is 6.49. The molecule has 0 aliphatic rings. The first-order valence-electron chi connectivity index (χ1n) is 7.05. The first-order valence-corrected chi connectivity index (χ1v) is 7.05. The first kappa shape index (κ1) is 16.2. The number of ether oxygens (including phenoxy) is 1. The van der Waals surface area contributed by atoms with Gasteiger partial charge in [-0.05, 0) is 38.4 Å². The summed E-state index contributed by atoms with van der Waals surface area (Å²) in [4.78, 5) is 2.37. The van der Waals surface area contributed by atoms with E-state index in [0.717, 1.165) is 19.7 Å². The van der Waals surface area contributed by atoms with Gasteiger partial charge in [0.05, 0.1) is 6.61 Å². The van der Waals surface area contributed by atoms with Crippen molar-refractivity contribution in [2.45, 2.75) is 39.8 Å². The van der Waals surface area contributed by atoms with E-state index in [-0.39, 0.29) is 6.04 Å². The van der Waals surface area contributed by atoms with Gasteiger partial charge in [-0.1, -0.05) is 30.7 Å². The average molecular weight is 264 g/mol. The van der Waals surface area contributed by atoms with Gasteiger partial charge in [-0.15, -0.1) is 0 Å². The molecule has 2 N–H and O–H groups in total. The summed E-state index contributed by atoms with van der Waals surface area (Å²) in [5, 5.41) is 0. The molecule has 1 aromatic rings. The lowest BCUT2D eigenvalue weighted by Gasteiger charge is -2.30. The molecule has 0 fully saturated rings. The van der Waals surface area contributed by atoms with Crippen molar-refractivity contribution in [3.8, 4) is 0 Å². The van der Waals surface area contributed by atoms with Crippen molar-refractivity contribution in [2.24, 2.45) is 5.73 Å². The maximum Gasteiger partial charge on any atom is 0.0615 e. The standard InChI is InChI=1S/C16H28N2O/c1-6-18(14(4)11-19-5)10-16(17)15-8-7-12(2)9-13(15)3/h7-9,14,16H,6,10-11,17H2,1-5H3. The molecule has 0 radical (unpaired) electrons. The molecule has 0 aromatic heterocycles. The largest absolute Gasteiger partial charge is 0.383 e. The minimum Gasteiger partial charge on any atom is -0.383 e. The maximum absolute atomic E-state index is 6.37. The summed E-state index contributed by atoms with van der Waals surface area (Å²) in [5.41, 5.74) is 10.2. The summed E-state index contributed by atoms with van der Waals surface area (Å²) in [6, 6.07) is 6.94. The lowest BCUT2D eigenvalue weighted by molar-refractivity contribution is 0.0986. The van der Waals surface area contributed by atoms with Crippen LogP contribution in [-0.4, -0.2) is 37.7 Å². The summed E-state index contributed by atoms with van der Waals surface area (Å²) < 4.78 is 5.23. The molecule has 3 nitrogen and oxygen atoms in total. The number of methoxy groups -OCH3 is 1. The van der Waals surface area contributed by atoms with E-state index in [1.807, 2.05) is 0 Å². The number of hydrogen-bond acceptors (Lipinski definition) is 3. The Balaban J connectivity index is 2.73. The van der Waals surface area contributed by atoms with E-state index >= 15 is 0 Å². The molecule has 0 saturated heterocycles. The number of likely N-dealkylation sites (N-methyl/N-ethyl adjacent to an activating group) is 1. The lowest BCUT2D eigenvalue weighted by atomic mass is 9.99. The van der Waals surface area contributed by atoms with E-state index in [4.69, 9.17) is 10.5 Å². The zero-order valence-corrected chi connectivity index (χ0v) is 12.9. The molecule has 3 heteroatoms. The molecule has 108 valence electrons. The van der Waals surface area contributed by atoms with E-state index in [1.54, 1.807) is 7.11 Å². The Labute approximate surface area is 117 Å². The van der Waals surface area contributed by atoms with Crippen molar-refractivity contribution < 1.29 is 4.74 Å². The fraction of sp³-hybridized carbons (Fsp3) is 0.625. The third-order valence-corrected chi connectivity index (χ3v) is 3.69. The third-order valence-electron chi connectivity index (χ3n) is 3.69. The second-order valence-corrected chi connectivity index (χ2v) is 5.36. The zero-order chi connectivity index (χ0) is 14.4. The van der Waals surface area contributed by atoms with E-state index in [9.17, 15) is 0 Å². The van der Waals surface area contributed by atoms with Crippen LogP contribution in [0.1, 0.15) is 36.6 Å². The lowest BCUT2D eigenvalue weighted by Crippen LogP contribution is -2.40. The van der Waals surface area contributed by atoms with Crippen LogP contribution in [0, 0.1) is 13.8 Å². The zero-order valence-electron chi connectivity index (χ0n) is 12.9. The van der Waals surface area contributed by atoms with Crippen molar-refractivity contribution in [1.29, 1.82) is 0 Å². The van der Waals surface area contributed by atoms with Crippen molar-refractivity contribution in [3.63, 3.8) is 0 Å². The highest BCUT2D eigenvalue weighted by Crippen LogP contribution is 2.19. The van der Waals surface area contributed by atoms with Crippen LogP contribution in [0.2, 0.25) is 0 Å². The highest BCUT2D eigenvalue weighted by molar-refractivity contribution is 5.32. The van der Waals surface area contributed by atoms with Crippen molar-refractivity contribution in [2.75, 3.05) is 26.8 Å². The van der Waals surface area contributed by atoms with E-state index in [0.29, 0.717) is 6.04 Å². The SMILES string of the molecule is CCN(CC(N)c1ccc(C)cc1C)C(C)COC. The predicted octanol–water partition coefficient (Wildman–Crippen LogP) is 2.66. The van der Waals surface area contributed by atoms with Gasteiger partial charge >= 0.3 is 0 Å². The van der Waals surface area contributed by atoms with Crippen LogP contribution in [0.4, 0.5) is 0 Å². The van der Waals surface area contributed by atoms with Crippen LogP contribution in [0.15, 0.2) is 18.2 Å². The molecule has 0 bridgehead atoms. The Hall–Kier alpha value is -0.900. The highest BCUT2D eigenvalue weighted by atomic mass is 16.5. The third kappa shape index (κ3) is 4.60. The predicted molar refractivity (Wildman–Crippen MR) is 81.4 cm³/mol. The summed E-state index contributed by atoms with van der Waals surface area (Å²) in [6.45, 7) is 11.2. The summed E-state index contributed by atoms with van der Waals surface area (Å²) in [7, 11) is 1.74. The molecule has 0 saturated carbocycles. The molecule has 0 heterocycles.